The van der Waals surface area contributed by atoms with Crippen molar-refractivity contribution < 1.29 is 9.59 Å². The maximum atomic E-state index is 10.6. The molecule has 4 heteroatoms. The Kier molecular flexibility index (Phi) is 1.71. The number of carbonyl (C=O) groups is 2. The number of hydrogen-bond acceptors (Lipinski definition) is 2. The van der Waals surface area contributed by atoms with Crippen molar-refractivity contribution in [3.05, 3.63) is 12.7 Å². The molecule has 54 valence electrons. The molecule has 2 amide bonds. The molecule has 1 rings (SSSR count). The molecule has 0 bridgehead atoms. The fraction of sp³-hybridized carbons (Fsp3) is 0.333. The lowest BCUT2D eigenvalue weighted by atomic mass is 10.1. The highest BCUT2D eigenvalue weighted by Gasteiger charge is 2.27. The minimum absolute atomic E-state index is 0.129. The van der Waals surface area contributed by atoms with Crippen molar-refractivity contribution in [2.24, 2.45) is 0 Å². The molecule has 0 aromatic heterocycles. The van der Waals surface area contributed by atoms with E-state index in [4.69, 9.17) is 0 Å². The van der Waals surface area contributed by atoms with Gasteiger partial charge in [0.2, 0.25) is 11.8 Å². The van der Waals surface area contributed by atoms with Crippen molar-refractivity contribution >= 4 is 11.8 Å². The lowest BCUT2D eigenvalue weighted by Gasteiger charge is -2.25. The molecular formula is C6H8N2O2. The molecule has 0 aromatic carbocycles. The number of hydrogen-bond donors (Lipinski definition) is 2. The highest BCUT2D eigenvalue weighted by molar-refractivity contribution is 5.95. The van der Waals surface area contributed by atoms with Gasteiger partial charge in [-0.1, -0.05) is 6.58 Å². The van der Waals surface area contributed by atoms with E-state index in [0.29, 0.717) is 6.54 Å². The summed E-state index contributed by atoms with van der Waals surface area (Å²) >= 11 is 0. The van der Waals surface area contributed by atoms with E-state index in [-0.39, 0.29) is 17.9 Å². The van der Waals surface area contributed by atoms with E-state index in [2.05, 4.69) is 17.2 Å². The van der Waals surface area contributed by atoms with Crippen LogP contribution < -0.4 is 10.6 Å². The molecule has 2 N–H and O–H groups in total. The van der Waals surface area contributed by atoms with E-state index in [0.717, 1.165) is 6.08 Å². The SMILES string of the molecule is C=CC(=O)NC1CNC1=O. The first-order valence-electron chi connectivity index (χ1n) is 2.94. The Labute approximate surface area is 58.3 Å². The van der Waals surface area contributed by atoms with Gasteiger partial charge in [0.25, 0.3) is 0 Å². The Morgan fingerprint density at radius 3 is 2.90 bits per heavy atom. The normalized spacial score (nSPS) is 22.4. The molecule has 1 fully saturated rings. The van der Waals surface area contributed by atoms with Gasteiger partial charge in [0.1, 0.15) is 6.04 Å². The standard InChI is InChI=1S/C6H8N2O2/c1-2-5(9)8-4-3-7-6(4)10/h2,4H,1,3H2,(H,7,10)(H,8,9). The third-order valence-corrected chi connectivity index (χ3v) is 1.30. The Hall–Kier alpha value is -1.32. The number of carbonyl (C=O) groups excluding carboxylic acids is 2. The largest absolute Gasteiger partial charge is 0.352 e. The summed E-state index contributed by atoms with van der Waals surface area (Å²) in [7, 11) is 0. The lowest BCUT2D eigenvalue weighted by Crippen LogP contribution is -2.61. The van der Waals surface area contributed by atoms with Gasteiger partial charge in [0.05, 0.1) is 0 Å². The zero-order chi connectivity index (χ0) is 7.56. The van der Waals surface area contributed by atoms with Gasteiger partial charge in [-0.15, -0.1) is 0 Å². The van der Waals surface area contributed by atoms with Crippen molar-refractivity contribution in [1.29, 1.82) is 0 Å². The fourth-order valence-electron chi connectivity index (χ4n) is 0.635. The molecule has 1 unspecified atom stereocenters. The maximum absolute atomic E-state index is 10.6. The van der Waals surface area contributed by atoms with Crippen LogP contribution in [0.1, 0.15) is 0 Å². The molecule has 0 spiro atoms. The van der Waals surface area contributed by atoms with E-state index in [9.17, 15) is 9.59 Å². The van der Waals surface area contributed by atoms with Crippen LogP contribution in [-0.4, -0.2) is 24.4 Å². The second-order valence-corrected chi connectivity index (χ2v) is 2.01. The Morgan fingerprint density at radius 2 is 2.60 bits per heavy atom. The molecule has 4 nitrogen and oxygen atoms in total. The number of β-lactam (4-membered cyclic amide) rings is 1. The molecule has 0 saturated carbocycles. The summed E-state index contributed by atoms with van der Waals surface area (Å²) in [6.07, 6.45) is 1.14. The predicted molar refractivity (Wildman–Crippen MR) is 35.1 cm³/mol. The van der Waals surface area contributed by atoms with Gasteiger partial charge in [-0.25, -0.2) is 0 Å². The van der Waals surface area contributed by atoms with Crippen LogP contribution in [-0.2, 0) is 9.59 Å². The van der Waals surface area contributed by atoms with Gasteiger partial charge in [-0.2, -0.15) is 0 Å². The van der Waals surface area contributed by atoms with E-state index < -0.39 is 0 Å². The van der Waals surface area contributed by atoms with E-state index in [1.165, 1.54) is 0 Å². The Balaban J connectivity index is 2.32. The zero-order valence-electron chi connectivity index (χ0n) is 5.39. The average molecular weight is 140 g/mol. The summed E-state index contributed by atoms with van der Waals surface area (Å²) < 4.78 is 0. The number of rotatable bonds is 2. The van der Waals surface area contributed by atoms with Gasteiger partial charge >= 0.3 is 0 Å². The van der Waals surface area contributed by atoms with Crippen molar-refractivity contribution in [3.63, 3.8) is 0 Å². The van der Waals surface area contributed by atoms with Crippen LogP contribution in [0.15, 0.2) is 12.7 Å². The van der Waals surface area contributed by atoms with E-state index >= 15 is 0 Å². The third kappa shape index (κ3) is 1.15. The first kappa shape index (κ1) is 6.80. The van der Waals surface area contributed by atoms with Crippen LogP contribution in [0.5, 0.6) is 0 Å². The monoisotopic (exact) mass is 140 g/mol. The molecule has 1 saturated heterocycles. The minimum Gasteiger partial charge on any atom is -0.352 e. The van der Waals surface area contributed by atoms with Crippen LogP contribution in [0.25, 0.3) is 0 Å². The second kappa shape index (κ2) is 2.51. The lowest BCUT2D eigenvalue weighted by molar-refractivity contribution is -0.131. The fourth-order valence-corrected chi connectivity index (χ4v) is 0.635. The highest BCUT2D eigenvalue weighted by Crippen LogP contribution is 1.92. The minimum atomic E-state index is -0.342. The molecule has 10 heavy (non-hydrogen) atoms. The van der Waals surface area contributed by atoms with Crippen LogP contribution >= 0.6 is 0 Å². The Morgan fingerprint density at radius 1 is 1.90 bits per heavy atom. The molecule has 1 atom stereocenters. The number of nitrogens with one attached hydrogen (secondary N) is 2. The molecule has 1 heterocycles. The van der Waals surface area contributed by atoms with Crippen LogP contribution in [0.2, 0.25) is 0 Å². The van der Waals surface area contributed by atoms with Gasteiger partial charge in [0, 0.05) is 6.54 Å². The molecule has 0 aromatic rings. The second-order valence-electron chi connectivity index (χ2n) is 2.01. The van der Waals surface area contributed by atoms with E-state index in [1.54, 1.807) is 0 Å². The first-order valence-corrected chi connectivity index (χ1v) is 2.94. The summed E-state index contributed by atoms with van der Waals surface area (Å²) in [4.78, 5) is 21.1. The summed E-state index contributed by atoms with van der Waals surface area (Å²) in [5.74, 6) is -0.435. The number of amides is 2. The molecule has 0 aliphatic carbocycles. The van der Waals surface area contributed by atoms with Crippen molar-refractivity contribution in [2.45, 2.75) is 6.04 Å². The van der Waals surface area contributed by atoms with E-state index in [1.807, 2.05) is 0 Å². The predicted octanol–water partition coefficient (Wildman–Crippen LogP) is -1.21. The Bertz CT molecular complexity index is 188. The average Bonchev–Trinajstić information content (AvgIpc) is 1.96. The first-order chi connectivity index (χ1) is 4.74. The maximum Gasteiger partial charge on any atom is 0.244 e. The molecular weight excluding hydrogens is 132 g/mol. The summed E-state index contributed by atoms with van der Waals surface area (Å²) in [5, 5.41) is 4.95. The van der Waals surface area contributed by atoms with Gasteiger partial charge in [-0.3, -0.25) is 9.59 Å². The summed E-state index contributed by atoms with van der Waals surface area (Å²) in [6.45, 7) is 3.78. The summed E-state index contributed by atoms with van der Waals surface area (Å²) in [6, 6.07) is -0.342. The molecule has 1 aliphatic rings. The van der Waals surface area contributed by atoms with Gasteiger partial charge in [-0.05, 0) is 6.08 Å². The smallest absolute Gasteiger partial charge is 0.244 e. The summed E-state index contributed by atoms with van der Waals surface area (Å²) in [5.41, 5.74) is 0. The van der Waals surface area contributed by atoms with Crippen LogP contribution in [0, 0.1) is 0 Å². The van der Waals surface area contributed by atoms with Crippen LogP contribution in [0.3, 0.4) is 0 Å². The van der Waals surface area contributed by atoms with Crippen molar-refractivity contribution in [2.75, 3.05) is 6.54 Å². The molecule has 0 radical (unpaired) electrons. The van der Waals surface area contributed by atoms with Gasteiger partial charge in [0.15, 0.2) is 0 Å². The third-order valence-electron chi connectivity index (χ3n) is 1.30. The molecule has 1 aliphatic heterocycles. The van der Waals surface area contributed by atoms with Crippen molar-refractivity contribution in [3.8, 4) is 0 Å². The topological polar surface area (TPSA) is 58.2 Å². The van der Waals surface area contributed by atoms with Crippen LogP contribution in [0.4, 0.5) is 0 Å². The highest BCUT2D eigenvalue weighted by atomic mass is 16.2. The van der Waals surface area contributed by atoms with Gasteiger partial charge < -0.3 is 10.6 Å². The van der Waals surface area contributed by atoms with Crippen molar-refractivity contribution in [1.82, 2.24) is 10.6 Å². The quantitative estimate of drug-likeness (QED) is 0.373. The zero-order valence-corrected chi connectivity index (χ0v) is 5.39.